The summed E-state index contributed by atoms with van der Waals surface area (Å²) < 4.78 is 0. The molecule has 0 saturated carbocycles. The molecule has 0 bridgehead atoms. The quantitative estimate of drug-likeness (QED) is 0.619. The molecule has 0 fully saturated rings. The van der Waals surface area contributed by atoms with E-state index in [2.05, 4.69) is 10.6 Å². The summed E-state index contributed by atoms with van der Waals surface area (Å²) in [6.07, 6.45) is 0.864. The number of halogens is 1. The van der Waals surface area contributed by atoms with Gasteiger partial charge in [0, 0.05) is 6.04 Å². The van der Waals surface area contributed by atoms with Crippen molar-refractivity contribution in [1.82, 2.24) is 10.6 Å². The summed E-state index contributed by atoms with van der Waals surface area (Å²) in [6, 6.07) is -0.403. The van der Waals surface area contributed by atoms with Crippen LogP contribution in [0.5, 0.6) is 0 Å². The van der Waals surface area contributed by atoms with Crippen LogP contribution in [0.25, 0.3) is 0 Å². The number of carbonyl (C=O) groups excluding carboxylic acids is 2. The smallest absolute Gasteiger partial charge is 0.242 e. The molecule has 4 N–H and O–H groups in total. The SMILES string of the molecule is CCC(C)NC(=O)C(C)NC(=O)CN.Cl. The molecule has 0 aromatic carbocycles. The number of amides is 2. The molecule has 0 aliphatic heterocycles. The van der Waals surface area contributed by atoms with Crippen molar-refractivity contribution in [1.29, 1.82) is 0 Å². The first-order valence-corrected chi connectivity index (χ1v) is 4.81. The van der Waals surface area contributed by atoms with Gasteiger partial charge in [0.2, 0.25) is 11.8 Å². The third kappa shape index (κ3) is 7.16. The third-order valence-electron chi connectivity index (χ3n) is 1.96. The number of hydrogen-bond donors (Lipinski definition) is 3. The van der Waals surface area contributed by atoms with E-state index in [9.17, 15) is 9.59 Å². The van der Waals surface area contributed by atoms with Gasteiger partial charge in [0.05, 0.1) is 6.54 Å². The second kappa shape index (κ2) is 8.49. The van der Waals surface area contributed by atoms with Gasteiger partial charge < -0.3 is 16.4 Å². The maximum absolute atomic E-state index is 11.4. The predicted molar refractivity (Wildman–Crippen MR) is 61.8 cm³/mol. The van der Waals surface area contributed by atoms with E-state index in [1.54, 1.807) is 6.92 Å². The van der Waals surface area contributed by atoms with Gasteiger partial charge in [-0.2, -0.15) is 0 Å². The van der Waals surface area contributed by atoms with Crippen LogP contribution in [0.4, 0.5) is 0 Å². The van der Waals surface area contributed by atoms with Crippen LogP contribution in [0.1, 0.15) is 27.2 Å². The highest BCUT2D eigenvalue weighted by Crippen LogP contribution is 1.90. The first-order chi connectivity index (χ1) is 6.51. The molecule has 2 atom stereocenters. The minimum Gasteiger partial charge on any atom is -0.352 e. The Morgan fingerprint density at radius 1 is 1.27 bits per heavy atom. The maximum Gasteiger partial charge on any atom is 0.242 e. The Hall–Kier alpha value is -0.810. The molecule has 0 aromatic heterocycles. The molecule has 0 rings (SSSR count). The van der Waals surface area contributed by atoms with E-state index in [1.165, 1.54) is 0 Å². The Bertz CT molecular complexity index is 212. The lowest BCUT2D eigenvalue weighted by Crippen LogP contribution is -2.48. The van der Waals surface area contributed by atoms with Gasteiger partial charge in [-0.3, -0.25) is 9.59 Å². The summed E-state index contributed by atoms with van der Waals surface area (Å²) >= 11 is 0. The van der Waals surface area contributed by atoms with Crippen LogP contribution in [0.15, 0.2) is 0 Å². The summed E-state index contributed by atoms with van der Waals surface area (Å²) in [5.41, 5.74) is 5.10. The monoisotopic (exact) mass is 237 g/mol. The molecule has 0 aliphatic rings. The van der Waals surface area contributed by atoms with E-state index < -0.39 is 6.04 Å². The number of carbonyl (C=O) groups is 2. The standard InChI is InChI=1S/C9H19N3O2.ClH/c1-4-6(2)11-9(14)7(3)12-8(13)5-10;/h6-7H,4-5,10H2,1-3H3,(H,11,14)(H,12,13);1H. The van der Waals surface area contributed by atoms with Gasteiger partial charge in [0.15, 0.2) is 0 Å². The number of rotatable bonds is 5. The molecule has 0 saturated heterocycles. The van der Waals surface area contributed by atoms with Gasteiger partial charge in [-0.05, 0) is 20.3 Å². The summed E-state index contributed by atoms with van der Waals surface area (Å²) in [7, 11) is 0. The van der Waals surface area contributed by atoms with Crippen LogP contribution in [0, 0.1) is 0 Å². The maximum atomic E-state index is 11.4. The second-order valence-electron chi connectivity index (χ2n) is 3.31. The zero-order chi connectivity index (χ0) is 11.1. The van der Waals surface area contributed by atoms with Gasteiger partial charge >= 0.3 is 0 Å². The molecule has 6 heteroatoms. The first-order valence-electron chi connectivity index (χ1n) is 4.81. The van der Waals surface area contributed by atoms with Crippen LogP contribution in [-0.2, 0) is 9.59 Å². The molecule has 0 aliphatic carbocycles. The van der Waals surface area contributed by atoms with Crippen LogP contribution in [0.3, 0.4) is 0 Å². The fourth-order valence-corrected chi connectivity index (χ4v) is 0.836. The van der Waals surface area contributed by atoms with Crippen molar-refractivity contribution in [2.75, 3.05) is 6.54 Å². The van der Waals surface area contributed by atoms with Crippen molar-refractivity contribution in [2.24, 2.45) is 5.73 Å². The summed E-state index contributed by atoms with van der Waals surface area (Å²) in [5, 5.41) is 5.25. The molecule has 0 heterocycles. The molecule has 15 heavy (non-hydrogen) atoms. The fraction of sp³-hybridized carbons (Fsp3) is 0.778. The van der Waals surface area contributed by atoms with Crippen LogP contribution in [0.2, 0.25) is 0 Å². The lowest BCUT2D eigenvalue weighted by molar-refractivity contribution is -0.128. The lowest BCUT2D eigenvalue weighted by atomic mass is 10.2. The van der Waals surface area contributed by atoms with Crippen molar-refractivity contribution in [3.05, 3.63) is 0 Å². The average molecular weight is 238 g/mol. The van der Waals surface area contributed by atoms with Gasteiger partial charge in [-0.15, -0.1) is 12.4 Å². The van der Waals surface area contributed by atoms with Crippen molar-refractivity contribution >= 4 is 24.2 Å². The summed E-state index contributed by atoms with van der Waals surface area (Å²) in [4.78, 5) is 22.3. The molecule has 0 aromatic rings. The molecule has 0 radical (unpaired) electrons. The van der Waals surface area contributed by atoms with E-state index in [1.807, 2.05) is 13.8 Å². The van der Waals surface area contributed by atoms with Crippen molar-refractivity contribution in [3.63, 3.8) is 0 Å². The Morgan fingerprint density at radius 2 is 1.80 bits per heavy atom. The Morgan fingerprint density at radius 3 is 2.20 bits per heavy atom. The van der Waals surface area contributed by atoms with Crippen molar-refractivity contribution in [3.8, 4) is 0 Å². The zero-order valence-electron chi connectivity index (χ0n) is 9.37. The van der Waals surface area contributed by atoms with Crippen molar-refractivity contribution < 1.29 is 9.59 Å². The van der Waals surface area contributed by atoms with Gasteiger partial charge in [0.25, 0.3) is 0 Å². The van der Waals surface area contributed by atoms with Crippen molar-refractivity contribution in [2.45, 2.75) is 39.3 Å². The molecular formula is C9H20ClN3O2. The Labute approximate surface area is 96.6 Å². The predicted octanol–water partition coefficient (Wildman–Crippen LogP) is -0.214. The third-order valence-corrected chi connectivity index (χ3v) is 1.96. The van der Waals surface area contributed by atoms with E-state index in [4.69, 9.17) is 5.73 Å². The topological polar surface area (TPSA) is 84.2 Å². The van der Waals surface area contributed by atoms with Gasteiger partial charge in [-0.1, -0.05) is 6.92 Å². The molecule has 5 nitrogen and oxygen atoms in total. The molecule has 2 amide bonds. The molecule has 0 spiro atoms. The number of hydrogen-bond acceptors (Lipinski definition) is 3. The molecule has 2 unspecified atom stereocenters. The van der Waals surface area contributed by atoms with Crippen LogP contribution in [-0.4, -0.2) is 30.4 Å². The minimum absolute atomic E-state index is 0. The average Bonchev–Trinajstić information content (AvgIpc) is 2.17. The summed E-state index contributed by atoms with van der Waals surface area (Å²) in [6.45, 7) is 5.43. The Balaban J connectivity index is 0. The van der Waals surface area contributed by atoms with Gasteiger partial charge in [0.1, 0.15) is 6.04 Å². The highest BCUT2D eigenvalue weighted by molar-refractivity contribution is 5.88. The first kappa shape index (κ1) is 16.6. The number of nitrogens with one attached hydrogen (secondary N) is 2. The van der Waals surface area contributed by atoms with E-state index >= 15 is 0 Å². The highest BCUT2D eigenvalue weighted by atomic mass is 35.5. The zero-order valence-corrected chi connectivity index (χ0v) is 10.2. The van der Waals surface area contributed by atoms with E-state index in [-0.39, 0.29) is 36.8 Å². The normalized spacial score (nSPS) is 13.3. The highest BCUT2D eigenvalue weighted by Gasteiger charge is 2.15. The van der Waals surface area contributed by atoms with Gasteiger partial charge in [-0.25, -0.2) is 0 Å². The van der Waals surface area contributed by atoms with E-state index in [0.29, 0.717) is 0 Å². The number of nitrogens with two attached hydrogens (primary N) is 1. The van der Waals surface area contributed by atoms with Crippen LogP contribution >= 0.6 is 12.4 Å². The molecular weight excluding hydrogens is 218 g/mol. The van der Waals surface area contributed by atoms with Crippen LogP contribution < -0.4 is 16.4 Å². The lowest BCUT2D eigenvalue weighted by Gasteiger charge is -2.16. The largest absolute Gasteiger partial charge is 0.352 e. The summed E-state index contributed by atoms with van der Waals surface area (Å²) in [5.74, 6) is -0.502. The van der Waals surface area contributed by atoms with E-state index in [0.717, 1.165) is 6.42 Å². The molecule has 90 valence electrons. The minimum atomic E-state index is -0.528. The Kier molecular flexibility index (Phi) is 9.41. The fourth-order valence-electron chi connectivity index (χ4n) is 0.836. The second-order valence-corrected chi connectivity index (χ2v) is 3.31.